The summed E-state index contributed by atoms with van der Waals surface area (Å²) < 4.78 is 23.3. The topological polar surface area (TPSA) is 77.9 Å². The van der Waals surface area contributed by atoms with Gasteiger partial charge in [-0.15, -0.1) is 10.2 Å². The number of amides is 1. The number of fused-ring (bicyclic) bond motifs is 1. The van der Waals surface area contributed by atoms with Crippen molar-refractivity contribution in [3.63, 3.8) is 0 Å². The summed E-state index contributed by atoms with van der Waals surface area (Å²) in [6, 6.07) is 16.4. The fraction of sp³-hybridized carbons (Fsp3) is 0.160. The molecule has 5 aromatic rings. The predicted molar refractivity (Wildman–Crippen MR) is 131 cm³/mol. The minimum Gasteiger partial charge on any atom is -0.463 e. The van der Waals surface area contributed by atoms with Crippen LogP contribution in [-0.2, 0) is 11.8 Å². The number of hydrogen-bond acceptors (Lipinski definition) is 5. The molecule has 0 fully saturated rings. The van der Waals surface area contributed by atoms with Gasteiger partial charge >= 0.3 is 0 Å². The molecule has 0 atom stereocenters. The Morgan fingerprint density at radius 1 is 1.09 bits per heavy atom. The fourth-order valence-electron chi connectivity index (χ4n) is 3.82. The second-order valence-corrected chi connectivity index (χ2v) is 8.93. The van der Waals surface area contributed by atoms with E-state index in [9.17, 15) is 9.18 Å². The first-order valence-electron chi connectivity index (χ1n) is 10.7. The van der Waals surface area contributed by atoms with Gasteiger partial charge in [0.1, 0.15) is 5.82 Å². The van der Waals surface area contributed by atoms with E-state index >= 15 is 0 Å². The summed E-state index contributed by atoms with van der Waals surface area (Å²) in [5, 5.41) is 12.2. The van der Waals surface area contributed by atoms with Crippen molar-refractivity contribution in [3.05, 3.63) is 77.8 Å². The molecule has 1 amide bonds. The molecule has 34 heavy (non-hydrogen) atoms. The second-order valence-electron chi connectivity index (χ2n) is 7.99. The van der Waals surface area contributed by atoms with Crippen LogP contribution in [0.3, 0.4) is 0 Å². The Hall–Kier alpha value is -3.85. The Morgan fingerprint density at radius 3 is 2.68 bits per heavy atom. The number of para-hydroxylation sites is 1. The number of furan rings is 1. The summed E-state index contributed by atoms with van der Waals surface area (Å²) in [5.74, 6) is 0.120. The number of carbonyl (C=O) groups is 1. The first-order valence-corrected chi connectivity index (χ1v) is 11.6. The lowest BCUT2D eigenvalue weighted by atomic mass is 10.2. The monoisotopic (exact) mass is 475 g/mol. The van der Waals surface area contributed by atoms with E-state index in [2.05, 4.69) is 15.5 Å². The Labute approximate surface area is 199 Å². The normalized spacial score (nSPS) is 11.3. The van der Waals surface area contributed by atoms with Crippen LogP contribution in [0.4, 0.5) is 10.1 Å². The smallest absolute Gasteiger partial charge is 0.234 e. The minimum atomic E-state index is -0.359. The van der Waals surface area contributed by atoms with Crippen molar-refractivity contribution < 1.29 is 13.6 Å². The van der Waals surface area contributed by atoms with Crippen LogP contribution < -0.4 is 5.32 Å². The SMILES string of the molecule is Cc1ccc(NC(=O)CSc2nnc(-c3cc4occc4n3C)n2-c2ccccc2C)cc1F. The number of thioether (sulfide) groups is 1. The number of carbonyl (C=O) groups excluding carboxylic acids is 1. The molecule has 0 aliphatic heterocycles. The fourth-order valence-corrected chi connectivity index (χ4v) is 4.57. The van der Waals surface area contributed by atoms with Gasteiger partial charge in [-0.3, -0.25) is 9.36 Å². The quantitative estimate of drug-likeness (QED) is 0.328. The van der Waals surface area contributed by atoms with Gasteiger partial charge in [0.25, 0.3) is 0 Å². The van der Waals surface area contributed by atoms with Crippen molar-refractivity contribution in [2.24, 2.45) is 7.05 Å². The Kier molecular flexibility index (Phi) is 5.70. The van der Waals surface area contributed by atoms with E-state index in [1.807, 2.05) is 59.5 Å². The highest BCUT2D eigenvalue weighted by molar-refractivity contribution is 7.99. The van der Waals surface area contributed by atoms with E-state index in [1.165, 1.54) is 17.8 Å². The lowest BCUT2D eigenvalue weighted by Crippen LogP contribution is -2.15. The van der Waals surface area contributed by atoms with Crippen molar-refractivity contribution in [2.75, 3.05) is 11.1 Å². The number of halogens is 1. The number of aryl methyl sites for hydroxylation is 3. The molecule has 7 nitrogen and oxygen atoms in total. The summed E-state index contributed by atoms with van der Waals surface area (Å²) in [6.07, 6.45) is 1.65. The van der Waals surface area contributed by atoms with Crippen molar-refractivity contribution >= 4 is 34.5 Å². The first kappa shape index (κ1) is 22.0. The van der Waals surface area contributed by atoms with Crippen LogP contribution in [0.25, 0.3) is 28.3 Å². The van der Waals surface area contributed by atoms with Gasteiger partial charge in [0.15, 0.2) is 16.6 Å². The summed E-state index contributed by atoms with van der Waals surface area (Å²) in [5.41, 5.74) is 5.46. The van der Waals surface area contributed by atoms with Gasteiger partial charge in [0.2, 0.25) is 5.91 Å². The lowest BCUT2D eigenvalue weighted by molar-refractivity contribution is -0.113. The molecule has 0 aliphatic rings. The van der Waals surface area contributed by atoms with Crippen molar-refractivity contribution in [1.82, 2.24) is 19.3 Å². The van der Waals surface area contributed by atoms with E-state index in [-0.39, 0.29) is 17.5 Å². The van der Waals surface area contributed by atoms with Gasteiger partial charge in [-0.1, -0.05) is 36.0 Å². The second kappa shape index (κ2) is 8.83. The molecule has 3 heterocycles. The predicted octanol–water partition coefficient (Wildman–Crippen LogP) is 5.51. The summed E-state index contributed by atoms with van der Waals surface area (Å²) in [6.45, 7) is 3.69. The third-order valence-electron chi connectivity index (χ3n) is 5.67. The van der Waals surface area contributed by atoms with E-state index in [0.717, 1.165) is 28.0 Å². The van der Waals surface area contributed by atoms with Gasteiger partial charge in [0.05, 0.1) is 28.9 Å². The third kappa shape index (κ3) is 3.99. The lowest BCUT2D eigenvalue weighted by Gasteiger charge is -2.13. The maximum atomic E-state index is 13.8. The standard InChI is InChI=1S/C25H22FN5O2S/c1-15-8-9-17(12-18(15)26)27-23(32)14-34-25-29-28-24(31(25)19-7-5-4-6-16(19)2)21-13-22-20(30(21)3)10-11-33-22/h4-13H,14H2,1-3H3,(H,27,32). The number of hydrogen-bond donors (Lipinski definition) is 1. The van der Waals surface area contributed by atoms with Crippen molar-refractivity contribution in [2.45, 2.75) is 19.0 Å². The number of benzene rings is 2. The molecule has 0 radical (unpaired) electrons. The van der Waals surface area contributed by atoms with Crippen LogP contribution in [0.2, 0.25) is 0 Å². The maximum absolute atomic E-state index is 13.8. The van der Waals surface area contributed by atoms with Gasteiger partial charge < -0.3 is 14.3 Å². The van der Waals surface area contributed by atoms with Gasteiger partial charge in [-0.05, 0) is 43.2 Å². The van der Waals surface area contributed by atoms with E-state index < -0.39 is 0 Å². The number of rotatable bonds is 6. The number of nitrogens with one attached hydrogen (secondary N) is 1. The molecule has 0 bridgehead atoms. The Balaban J connectivity index is 1.47. The highest BCUT2D eigenvalue weighted by Crippen LogP contribution is 2.32. The molecule has 0 saturated carbocycles. The third-order valence-corrected chi connectivity index (χ3v) is 6.60. The van der Waals surface area contributed by atoms with Crippen LogP contribution in [-0.4, -0.2) is 31.0 Å². The average Bonchev–Trinajstić information content (AvgIpc) is 3.51. The molecule has 1 N–H and O–H groups in total. The first-order chi connectivity index (χ1) is 16.4. The molecule has 5 rings (SSSR count). The van der Waals surface area contributed by atoms with Crippen LogP contribution >= 0.6 is 11.8 Å². The summed E-state index contributed by atoms with van der Waals surface area (Å²) >= 11 is 1.27. The van der Waals surface area contributed by atoms with E-state index in [1.54, 1.807) is 25.3 Å². The number of aromatic nitrogens is 4. The van der Waals surface area contributed by atoms with Gasteiger partial charge in [0, 0.05) is 24.9 Å². The summed E-state index contributed by atoms with van der Waals surface area (Å²) in [4.78, 5) is 12.6. The summed E-state index contributed by atoms with van der Waals surface area (Å²) in [7, 11) is 1.95. The molecular formula is C25H22FN5O2S. The Bertz CT molecular complexity index is 1520. The zero-order chi connectivity index (χ0) is 23.8. The molecule has 172 valence electrons. The minimum absolute atomic E-state index is 0.0923. The van der Waals surface area contributed by atoms with Crippen molar-refractivity contribution in [3.8, 4) is 17.2 Å². The molecule has 0 saturated heterocycles. The highest BCUT2D eigenvalue weighted by Gasteiger charge is 2.22. The molecule has 3 aromatic heterocycles. The van der Waals surface area contributed by atoms with Crippen LogP contribution in [0, 0.1) is 19.7 Å². The van der Waals surface area contributed by atoms with Crippen LogP contribution in [0.1, 0.15) is 11.1 Å². The van der Waals surface area contributed by atoms with Gasteiger partial charge in [-0.25, -0.2) is 4.39 Å². The van der Waals surface area contributed by atoms with Crippen molar-refractivity contribution in [1.29, 1.82) is 0 Å². The van der Waals surface area contributed by atoms with Crippen LogP contribution in [0.15, 0.2) is 70.4 Å². The van der Waals surface area contributed by atoms with Gasteiger partial charge in [-0.2, -0.15) is 0 Å². The van der Waals surface area contributed by atoms with Crippen LogP contribution in [0.5, 0.6) is 0 Å². The Morgan fingerprint density at radius 2 is 1.91 bits per heavy atom. The maximum Gasteiger partial charge on any atom is 0.234 e. The molecular weight excluding hydrogens is 453 g/mol. The zero-order valence-corrected chi connectivity index (χ0v) is 19.7. The highest BCUT2D eigenvalue weighted by atomic mass is 32.2. The van der Waals surface area contributed by atoms with E-state index in [4.69, 9.17) is 4.42 Å². The molecule has 0 spiro atoms. The molecule has 9 heteroatoms. The van der Waals surface area contributed by atoms with E-state index in [0.29, 0.717) is 22.2 Å². The zero-order valence-electron chi connectivity index (χ0n) is 18.9. The molecule has 2 aromatic carbocycles. The average molecular weight is 476 g/mol. The number of nitrogens with zero attached hydrogens (tertiary/aromatic N) is 4. The largest absolute Gasteiger partial charge is 0.463 e. The number of anilines is 1. The molecule has 0 aliphatic carbocycles. The molecule has 0 unspecified atom stereocenters.